The van der Waals surface area contributed by atoms with Gasteiger partial charge in [0.2, 0.25) is 0 Å². The van der Waals surface area contributed by atoms with E-state index in [0.29, 0.717) is 0 Å². The van der Waals surface area contributed by atoms with Crippen molar-refractivity contribution in [3.63, 3.8) is 0 Å². The third-order valence-corrected chi connectivity index (χ3v) is 3.55. The molecular weight excluding hydrogens is 264 g/mol. The molecule has 2 rings (SSSR count). The lowest BCUT2D eigenvalue weighted by molar-refractivity contribution is 0.354. The summed E-state index contributed by atoms with van der Waals surface area (Å²) in [5.74, 6) is 1.51. The van der Waals surface area contributed by atoms with Crippen molar-refractivity contribution in [3.05, 3.63) is 47.5 Å². The molecule has 0 spiro atoms. The number of nitrogens with one attached hydrogen (secondary N) is 1. The summed E-state index contributed by atoms with van der Waals surface area (Å²) in [4.78, 5) is 0. The van der Waals surface area contributed by atoms with Gasteiger partial charge >= 0.3 is 0 Å². The summed E-state index contributed by atoms with van der Waals surface area (Å²) >= 11 is 0. The van der Waals surface area contributed by atoms with Gasteiger partial charge in [-0.25, -0.2) is 0 Å². The van der Waals surface area contributed by atoms with E-state index in [1.54, 1.807) is 14.2 Å². The average molecular weight is 286 g/mol. The van der Waals surface area contributed by atoms with Crippen molar-refractivity contribution in [3.8, 4) is 11.5 Å². The molecule has 2 aromatic carbocycles. The van der Waals surface area contributed by atoms with Gasteiger partial charge in [-0.05, 0) is 48.7 Å². The molecule has 112 valence electrons. The fraction of sp³-hybridized carbons (Fsp3) is 0.294. The fourth-order valence-corrected chi connectivity index (χ4v) is 2.22. The largest absolute Gasteiger partial charge is 0.493 e. The van der Waals surface area contributed by atoms with Crippen molar-refractivity contribution in [2.45, 2.75) is 13.3 Å². The van der Waals surface area contributed by atoms with Crippen molar-refractivity contribution in [1.82, 2.24) is 0 Å². The first kappa shape index (κ1) is 15.0. The maximum Gasteiger partial charge on any atom is 0.160 e. The summed E-state index contributed by atoms with van der Waals surface area (Å²) < 4.78 is 10.6. The zero-order valence-electron chi connectivity index (χ0n) is 12.8. The molecule has 4 nitrogen and oxygen atoms in total. The molecule has 0 heterocycles. The lowest BCUT2D eigenvalue weighted by Crippen LogP contribution is -2.07. The van der Waals surface area contributed by atoms with Crippen LogP contribution in [-0.2, 0) is 6.42 Å². The highest BCUT2D eigenvalue weighted by Gasteiger charge is 2.05. The first-order valence-corrected chi connectivity index (χ1v) is 6.95. The van der Waals surface area contributed by atoms with Gasteiger partial charge in [-0.3, -0.25) is 0 Å². The summed E-state index contributed by atoms with van der Waals surface area (Å²) in [5, 5.41) is 3.42. The van der Waals surface area contributed by atoms with Gasteiger partial charge in [-0.2, -0.15) is 0 Å². The number of methoxy groups -OCH3 is 2. The predicted octanol–water partition coefficient (Wildman–Crippen LogP) is 3.25. The number of hydrogen-bond acceptors (Lipinski definition) is 4. The minimum Gasteiger partial charge on any atom is -0.493 e. The van der Waals surface area contributed by atoms with Crippen LogP contribution in [0.25, 0.3) is 0 Å². The molecule has 0 radical (unpaired) electrons. The van der Waals surface area contributed by atoms with E-state index in [2.05, 4.69) is 11.4 Å². The summed E-state index contributed by atoms with van der Waals surface area (Å²) in [6.45, 7) is 2.86. The molecular formula is C17H22N2O2. The first-order valence-electron chi connectivity index (χ1n) is 6.95. The fourth-order valence-electron chi connectivity index (χ4n) is 2.22. The Bertz CT molecular complexity index is 612. The van der Waals surface area contributed by atoms with Gasteiger partial charge in [0.15, 0.2) is 11.5 Å². The average Bonchev–Trinajstić information content (AvgIpc) is 2.51. The molecule has 0 bridgehead atoms. The molecule has 0 unspecified atom stereocenters. The van der Waals surface area contributed by atoms with E-state index in [4.69, 9.17) is 15.2 Å². The molecule has 2 aromatic rings. The van der Waals surface area contributed by atoms with Crippen LogP contribution in [0.5, 0.6) is 11.5 Å². The summed E-state index contributed by atoms with van der Waals surface area (Å²) in [6.07, 6.45) is 0.897. The van der Waals surface area contributed by atoms with Crippen LogP contribution in [0.15, 0.2) is 36.4 Å². The van der Waals surface area contributed by atoms with Crippen LogP contribution < -0.4 is 20.5 Å². The number of rotatable bonds is 6. The Morgan fingerprint density at radius 3 is 2.52 bits per heavy atom. The van der Waals surface area contributed by atoms with Gasteiger partial charge in [0.25, 0.3) is 0 Å². The highest BCUT2D eigenvalue weighted by atomic mass is 16.5. The Balaban J connectivity index is 1.99. The zero-order valence-corrected chi connectivity index (χ0v) is 12.8. The molecule has 0 aliphatic carbocycles. The molecule has 0 aliphatic rings. The van der Waals surface area contributed by atoms with Crippen molar-refractivity contribution in [1.29, 1.82) is 0 Å². The van der Waals surface area contributed by atoms with Crippen LogP contribution in [0.1, 0.15) is 11.1 Å². The van der Waals surface area contributed by atoms with Crippen molar-refractivity contribution in [2.75, 3.05) is 31.8 Å². The number of nitrogens with two attached hydrogens (primary N) is 1. The second-order valence-electron chi connectivity index (χ2n) is 4.89. The number of nitrogen functional groups attached to an aromatic ring is 1. The van der Waals surface area contributed by atoms with Gasteiger partial charge in [0, 0.05) is 17.9 Å². The van der Waals surface area contributed by atoms with Crippen molar-refractivity contribution >= 4 is 11.4 Å². The lowest BCUT2D eigenvalue weighted by Gasteiger charge is -2.12. The molecule has 21 heavy (non-hydrogen) atoms. The number of benzene rings is 2. The number of anilines is 2. The van der Waals surface area contributed by atoms with E-state index in [1.165, 1.54) is 5.56 Å². The Labute approximate surface area is 125 Å². The summed E-state index contributed by atoms with van der Waals surface area (Å²) in [5.41, 5.74) is 10.1. The van der Waals surface area contributed by atoms with Crippen LogP contribution in [0.2, 0.25) is 0 Å². The van der Waals surface area contributed by atoms with Crippen LogP contribution in [0.3, 0.4) is 0 Å². The molecule has 0 fully saturated rings. The van der Waals surface area contributed by atoms with Crippen molar-refractivity contribution in [2.24, 2.45) is 0 Å². The van der Waals surface area contributed by atoms with Gasteiger partial charge in [-0.15, -0.1) is 0 Å². The molecule has 4 heteroatoms. The smallest absolute Gasteiger partial charge is 0.160 e. The van der Waals surface area contributed by atoms with E-state index in [1.807, 2.05) is 37.3 Å². The Morgan fingerprint density at radius 1 is 1.05 bits per heavy atom. The molecule has 0 amide bonds. The molecule has 0 aliphatic heterocycles. The second-order valence-corrected chi connectivity index (χ2v) is 4.89. The van der Waals surface area contributed by atoms with Crippen LogP contribution in [0, 0.1) is 6.92 Å². The summed E-state index contributed by atoms with van der Waals surface area (Å²) in [7, 11) is 3.29. The molecule has 0 saturated carbocycles. The highest BCUT2D eigenvalue weighted by molar-refractivity contribution is 5.62. The second kappa shape index (κ2) is 6.88. The van der Waals surface area contributed by atoms with Gasteiger partial charge in [0.1, 0.15) is 0 Å². The lowest BCUT2D eigenvalue weighted by atomic mass is 10.1. The Hall–Kier alpha value is -2.36. The SMILES string of the molecule is COc1ccc(CCNc2cccc(N)c2C)cc1OC. The van der Waals surface area contributed by atoms with Crippen LogP contribution >= 0.6 is 0 Å². The van der Waals surface area contributed by atoms with Gasteiger partial charge < -0.3 is 20.5 Å². The molecule has 0 aromatic heterocycles. The van der Waals surface area contributed by atoms with Crippen molar-refractivity contribution < 1.29 is 9.47 Å². The standard InChI is InChI=1S/C17H22N2O2/c1-12-14(18)5-4-6-15(12)19-10-9-13-7-8-16(20-2)17(11-13)21-3/h4-8,11,19H,9-10,18H2,1-3H3. The number of hydrogen-bond donors (Lipinski definition) is 2. The maximum absolute atomic E-state index is 5.90. The summed E-state index contributed by atoms with van der Waals surface area (Å²) in [6, 6.07) is 11.9. The molecule has 3 N–H and O–H groups in total. The highest BCUT2D eigenvalue weighted by Crippen LogP contribution is 2.27. The van der Waals surface area contributed by atoms with Crippen LogP contribution in [-0.4, -0.2) is 20.8 Å². The van der Waals surface area contributed by atoms with Crippen LogP contribution in [0.4, 0.5) is 11.4 Å². The van der Waals surface area contributed by atoms with E-state index in [0.717, 1.165) is 41.4 Å². The third-order valence-electron chi connectivity index (χ3n) is 3.55. The van der Waals surface area contributed by atoms with Gasteiger partial charge in [0.05, 0.1) is 14.2 Å². The third kappa shape index (κ3) is 3.60. The Kier molecular flexibility index (Phi) is 4.93. The zero-order chi connectivity index (χ0) is 15.2. The first-order chi connectivity index (χ1) is 10.2. The normalized spacial score (nSPS) is 10.2. The minimum absolute atomic E-state index is 0.751. The molecule has 0 saturated heterocycles. The van der Waals surface area contributed by atoms with E-state index >= 15 is 0 Å². The Morgan fingerprint density at radius 2 is 1.81 bits per heavy atom. The number of ether oxygens (including phenoxy) is 2. The topological polar surface area (TPSA) is 56.5 Å². The van der Waals surface area contributed by atoms with E-state index in [-0.39, 0.29) is 0 Å². The quantitative estimate of drug-likeness (QED) is 0.800. The maximum atomic E-state index is 5.90. The monoisotopic (exact) mass is 286 g/mol. The van der Waals surface area contributed by atoms with E-state index < -0.39 is 0 Å². The molecule has 0 atom stereocenters. The predicted molar refractivity (Wildman–Crippen MR) is 87.3 cm³/mol. The van der Waals surface area contributed by atoms with Gasteiger partial charge in [-0.1, -0.05) is 12.1 Å². The minimum atomic E-state index is 0.751. The van der Waals surface area contributed by atoms with E-state index in [9.17, 15) is 0 Å².